The zero-order valence-corrected chi connectivity index (χ0v) is 7.43. The molecule has 0 atom stereocenters. The van der Waals surface area contributed by atoms with E-state index in [1.54, 1.807) is 0 Å². The molecule has 0 saturated heterocycles. The summed E-state index contributed by atoms with van der Waals surface area (Å²) in [6.07, 6.45) is 1.50. The summed E-state index contributed by atoms with van der Waals surface area (Å²) in [5.74, 6) is 0. The van der Waals surface area contributed by atoms with Crippen LogP contribution in [0.15, 0.2) is 0 Å². The molecule has 0 aromatic heterocycles. The van der Waals surface area contributed by atoms with Gasteiger partial charge in [-0.2, -0.15) is 0 Å². The van der Waals surface area contributed by atoms with Crippen LogP contribution >= 0.6 is 0 Å². The third-order valence-corrected chi connectivity index (χ3v) is 2.06. The minimum Gasteiger partial charge on any atom is -0.395 e. The first-order chi connectivity index (χ1) is 5.18. The van der Waals surface area contributed by atoms with Gasteiger partial charge in [-0.05, 0) is 12.8 Å². The van der Waals surface area contributed by atoms with Crippen LogP contribution in [0.25, 0.3) is 0 Å². The van der Waals surface area contributed by atoms with Crippen molar-refractivity contribution >= 4 is 0 Å². The van der Waals surface area contributed by atoms with Gasteiger partial charge in [0.1, 0.15) is 0 Å². The van der Waals surface area contributed by atoms with Gasteiger partial charge in [0.15, 0.2) is 0 Å². The average molecular weight is 161 g/mol. The van der Waals surface area contributed by atoms with Crippen molar-refractivity contribution in [1.29, 1.82) is 0 Å². The zero-order valence-electron chi connectivity index (χ0n) is 7.43. The van der Waals surface area contributed by atoms with Crippen molar-refractivity contribution in [3.63, 3.8) is 0 Å². The summed E-state index contributed by atoms with van der Waals surface area (Å²) in [6, 6.07) is 0. The van der Waals surface area contributed by atoms with Crippen molar-refractivity contribution in [3.8, 4) is 0 Å². The largest absolute Gasteiger partial charge is 0.395 e. The number of aliphatic hydroxyl groups is 2. The smallest absolute Gasteiger partial charge is 0.0766 e. The predicted octanol–water partition coefficient (Wildman–Crippen LogP) is 0.119. The van der Waals surface area contributed by atoms with E-state index in [9.17, 15) is 5.11 Å². The van der Waals surface area contributed by atoms with Gasteiger partial charge in [-0.25, -0.2) is 0 Å². The summed E-state index contributed by atoms with van der Waals surface area (Å²) in [4.78, 5) is 0. The molecular weight excluding hydrogens is 142 g/mol. The fourth-order valence-electron chi connectivity index (χ4n) is 0.900. The maximum atomic E-state index is 9.71. The van der Waals surface area contributed by atoms with Crippen molar-refractivity contribution in [3.05, 3.63) is 0 Å². The highest BCUT2D eigenvalue weighted by atomic mass is 16.3. The summed E-state index contributed by atoms with van der Waals surface area (Å²) in [7, 11) is 0. The third-order valence-electron chi connectivity index (χ3n) is 2.06. The highest BCUT2D eigenvalue weighted by molar-refractivity contribution is 4.77. The highest BCUT2D eigenvalue weighted by Crippen LogP contribution is 2.12. The summed E-state index contributed by atoms with van der Waals surface area (Å²) in [5.41, 5.74) is -0.588. The van der Waals surface area contributed by atoms with Gasteiger partial charge in [0.05, 0.1) is 12.2 Å². The van der Waals surface area contributed by atoms with Crippen LogP contribution in [0.3, 0.4) is 0 Å². The van der Waals surface area contributed by atoms with Gasteiger partial charge in [0.25, 0.3) is 0 Å². The lowest BCUT2D eigenvalue weighted by Gasteiger charge is -2.25. The van der Waals surface area contributed by atoms with Gasteiger partial charge < -0.3 is 15.5 Å². The Kier molecular flexibility index (Phi) is 5.46. The molecule has 3 heteroatoms. The van der Waals surface area contributed by atoms with Crippen LogP contribution in [-0.4, -0.2) is 35.5 Å². The molecule has 0 rings (SSSR count). The molecular formula is C8H19NO2. The van der Waals surface area contributed by atoms with E-state index in [1.165, 1.54) is 0 Å². The van der Waals surface area contributed by atoms with Gasteiger partial charge in [-0.15, -0.1) is 0 Å². The van der Waals surface area contributed by atoms with E-state index in [0.29, 0.717) is 13.1 Å². The molecule has 11 heavy (non-hydrogen) atoms. The molecule has 0 fully saturated rings. The molecule has 0 spiro atoms. The lowest BCUT2D eigenvalue weighted by Crippen LogP contribution is -2.40. The first kappa shape index (κ1) is 10.9. The molecule has 3 N–H and O–H groups in total. The Labute approximate surface area is 68.4 Å². The fourth-order valence-corrected chi connectivity index (χ4v) is 0.900. The molecule has 0 amide bonds. The van der Waals surface area contributed by atoms with Gasteiger partial charge in [0, 0.05) is 13.1 Å². The lowest BCUT2D eigenvalue weighted by molar-refractivity contribution is 0.0318. The Morgan fingerprint density at radius 2 is 1.82 bits per heavy atom. The molecule has 3 nitrogen and oxygen atoms in total. The molecule has 0 radical (unpaired) electrons. The van der Waals surface area contributed by atoms with Crippen LogP contribution < -0.4 is 5.32 Å². The normalized spacial score (nSPS) is 12.0. The minimum atomic E-state index is -0.588. The molecule has 0 aromatic carbocycles. The molecule has 0 aromatic rings. The van der Waals surface area contributed by atoms with E-state index in [0.717, 1.165) is 12.8 Å². The second-order valence-corrected chi connectivity index (χ2v) is 2.83. The lowest BCUT2D eigenvalue weighted by atomic mass is 9.98. The highest BCUT2D eigenvalue weighted by Gasteiger charge is 2.20. The van der Waals surface area contributed by atoms with Gasteiger partial charge in [-0.1, -0.05) is 13.8 Å². The van der Waals surface area contributed by atoms with Crippen molar-refractivity contribution in [2.45, 2.75) is 32.3 Å². The van der Waals surface area contributed by atoms with E-state index in [1.807, 2.05) is 13.8 Å². The molecule has 0 aliphatic rings. The molecule has 0 saturated carbocycles. The maximum Gasteiger partial charge on any atom is 0.0766 e. The molecule has 68 valence electrons. The van der Waals surface area contributed by atoms with Crippen molar-refractivity contribution in [2.75, 3.05) is 19.7 Å². The second kappa shape index (κ2) is 5.52. The predicted molar refractivity (Wildman–Crippen MR) is 45.5 cm³/mol. The molecule has 0 bridgehead atoms. The first-order valence-corrected chi connectivity index (χ1v) is 4.22. The second-order valence-electron chi connectivity index (χ2n) is 2.83. The van der Waals surface area contributed by atoms with E-state index < -0.39 is 5.60 Å². The Morgan fingerprint density at radius 3 is 2.18 bits per heavy atom. The summed E-state index contributed by atoms with van der Waals surface area (Å²) < 4.78 is 0. The monoisotopic (exact) mass is 161 g/mol. The van der Waals surface area contributed by atoms with E-state index in [2.05, 4.69) is 5.32 Å². The third kappa shape index (κ3) is 4.35. The Morgan fingerprint density at radius 1 is 1.27 bits per heavy atom. The maximum absolute atomic E-state index is 9.71. The fraction of sp³-hybridized carbons (Fsp3) is 1.00. The Bertz CT molecular complexity index is 92.1. The first-order valence-electron chi connectivity index (χ1n) is 4.22. The molecule has 0 unspecified atom stereocenters. The van der Waals surface area contributed by atoms with Gasteiger partial charge in [-0.3, -0.25) is 0 Å². The summed E-state index contributed by atoms with van der Waals surface area (Å²) in [6.45, 7) is 5.18. The molecule has 0 aliphatic carbocycles. The molecule has 0 heterocycles. The Hall–Kier alpha value is -0.120. The van der Waals surface area contributed by atoms with E-state index >= 15 is 0 Å². The standard InChI is InChI=1S/C8H19NO2/c1-3-8(11,4-2)7-9-5-6-10/h9-11H,3-7H2,1-2H3. The van der Waals surface area contributed by atoms with Crippen LogP contribution in [-0.2, 0) is 0 Å². The number of nitrogens with one attached hydrogen (secondary N) is 1. The topological polar surface area (TPSA) is 52.5 Å². The number of hydrogen-bond donors (Lipinski definition) is 3. The average Bonchev–Trinajstić information content (AvgIpc) is 2.05. The van der Waals surface area contributed by atoms with E-state index in [-0.39, 0.29) is 6.61 Å². The van der Waals surface area contributed by atoms with Crippen LogP contribution in [0.2, 0.25) is 0 Å². The van der Waals surface area contributed by atoms with Gasteiger partial charge >= 0.3 is 0 Å². The quantitative estimate of drug-likeness (QED) is 0.485. The summed E-state index contributed by atoms with van der Waals surface area (Å²) >= 11 is 0. The van der Waals surface area contributed by atoms with Crippen LogP contribution in [0.4, 0.5) is 0 Å². The van der Waals surface area contributed by atoms with Crippen molar-refractivity contribution < 1.29 is 10.2 Å². The SMILES string of the molecule is CCC(O)(CC)CNCCO. The zero-order chi connectivity index (χ0) is 8.74. The van der Waals surface area contributed by atoms with Crippen LogP contribution in [0.5, 0.6) is 0 Å². The van der Waals surface area contributed by atoms with Crippen molar-refractivity contribution in [2.24, 2.45) is 0 Å². The van der Waals surface area contributed by atoms with Gasteiger partial charge in [0.2, 0.25) is 0 Å². The van der Waals surface area contributed by atoms with Crippen molar-refractivity contribution in [1.82, 2.24) is 5.32 Å². The van der Waals surface area contributed by atoms with Crippen LogP contribution in [0.1, 0.15) is 26.7 Å². The van der Waals surface area contributed by atoms with Crippen LogP contribution in [0, 0.1) is 0 Å². The number of hydrogen-bond acceptors (Lipinski definition) is 3. The summed E-state index contributed by atoms with van der Waals surface area (Å²) in [5, 5.41) is 21.2. The number of aliphatic hydroxyl groups excluding tert-OH is 1. The number of rotatable bonds is 6. The minimum absolute atomic E-state index is 0.128. The Balaban J connectivity index is 3.51. The molecule has 0 aliphatic heterocycles. The van der Waals surface area contributed by atoms with E-state index in [4.69, 9.17) is 5.11 Å².